The number of amides is 2. The summed E-state index contributed by atoms with van der Waals surface area (Å²) < 4.78 is 0. The molecule has 0 bridgehead atoms. The van der Waals surface area contributed by atoms with E-state index in [2.05, 4.69) is 15.3 Å². The molecule has 6 heteroatoms. The first kappa shape index (κ1) is 13.0. The molecule has 2 aromatic heterocycles. The number of nitrogens with zero attached hydrogens (tertiary/aromatic N) is 3. The monoisotopic (exact) mass is 308 g/mol. The summed E-state index contributed by atoms with van der Waals surface area (Å²) in [4.78, 5) is 22.8. The van der Waals surface area contributed by atoms with Gasteiger partial charge in [-0.15, -0.1) is 11.3 Å². The van der Waals surface area contributed by atoms with E-state index in [0.29, 0.717) is 11.7 Å². The highest BCUT2D eigenvalue weighted by atomic mass is 32.1. The van der Waals surface area contributed by atoms with Crippen molar-refractivity contribution in [2.75, 3.05) is 10.2 Å². The van der Waals surface area contributed by atoms with Crippen molar-refractivity contribution in [3.05, 3.63) is 59.6 Å². The Morgan fingerprint density at radius 1 is 1.09 bits per heavy atom. The first-order chi connectivity index (χ1) is 10.8. The Hall–Kier alpha value is -2.73. The third kappa shape index (κ3) is 2.23. The first-order valence-corrected chi connectivity index (χ1v) is 7.72. The Morgan fingerprint density at radius 2 is 1.95 bits per heavy atom. The molecule has 1 aliphatic heterocycles. The molecular formula is C16H12N4OS. The van der Waals surface area contributed by atoms with Crippen LogP contribution in [-0.2, 0) is 6.54 Å². The largest absolute Gasteiger partial charge is 0.328 e. The van der Waals surface area contributed by atoms with Gasteiger partial charge in [-0.25, -0.2) is 9.78 Å². The number of nitrogens with one attached hydrogen (secondary N) is 1. The number of carbonyl (C=O) groups excluding carboxylic acids is 1. The molecule has 0 saturated heterocycles. The number of hydrogen-bond acceptors (Lipinski definition) is 4. The number of hydrogen-bond donors (Lipinski definition) is 1. The van der Waals surface area contributed by atoms with Gasteiger partial charge in [0.15, 0.2) is 5.13 Å². The van der Waals surface area contributed by atoms with Gasteiger partial charge in [0, 0.05) is 17.3 Å². The van der Waals surface area contributed by atoms with E-state index in [0.717, 1.165) is 22.6 Å². The van der Waals surface area contributed by atoms with E-state index in [1.165, 1.54) is 11.3 Å². The van der Waals surface area contributed by atoms with Crippen LogP contribution in [0.15, 0.2) is 54.0 Å². The molecule has 4 rings (SSSR count). The smallest absolute Gasteiger partial charge is 0.307 e. The minimum absolute atomic E-state index is 0.152. The van der Waals surface area contributed by atoms with Crippen LogP contribution in [0.3, 0.4) is 0 Å². The average molecular weight is 308 g/mol. The number of para-hydroxylation sites is 1. The summed E-state index contributed by atoms with van der Waals surface area (Å²) >= 11 is 1.44. The first-order valence-electron chi connectivity index (χ1n) is 6.84. The molecule has 0 spiro atoms. The van der Waals surface area contributed by atoms with Crippen molar-refractivity contribution in [2.24, 2.45) is 0 Å². The van der Waals surface area contributed by atoms with Crippen LogP contribution in [0.2, 0.25) is 0 Å². The SMILES string of the molecule is O=C1Nc2ccccc2CN1c1nc(-c2ccccn2)cs1. The molecule has 1 aromatic carbocycles. The van der Waals surface area contributed by atoms with Gasteiger partial charge >= 0.3 is 6.03 Å². The molecule has 0 fully saturated rings. The van der Waals surface area contributed by atoms with Crippen molar-refractivity contribution < 1.29 is 4.79 Å². The Balaban J connectivity index is 1.66. The van der Waals surface area contributed by atoms with E-state index >= 15 is 0 Å². The van der Waals surface area contributed by atoms with Crippen LogP contribution in [0.1, 0.15) is 5.56 Å². The molecule has 1 aliphatic rings. The number of benzene rings is 1. The van der Waals surface area contributed by atoms with E-state index in [-0.39, 0.29) is 6.03 Å². The minimum Gasteiger partial charge on any atom is -0.307 e. The third-order valence-electron chi connectivity index (χ3n) is 3.48. The number of aromatic nitrogens is 2. The van der Waals surface area contributed by atoms with Crippen LogP contribution in [0.4, 0.5) is 15.6 Å². The molecule has 0 unspecified atom stereocenters. The normalized spacial score (nSPS) is 13.6. The van der Waals surface area contributed by atoms with Gasteiger partial charge in [-0.2, -0.15) is 0 Å². The van der Waals surface area contributed by atoms with E-state index in [1.54, 1.807) is 11.1 Å². The number of pyridine rings is 1. The summed E-state index contributed by atoms with van der Waals surface area (Å²) in [5, 5.41) is 5.49. The van der Waals surface area contributed by atoms with Gasteiger partial charge in [0.25, 0.3) is 0 Å². The second-order valence-electron chi connectivity index (χ2n) is 4.90. The highest BCUT2D eigenvalue weighted by molar-refractivity contribution is 7.14. The van der Waals surface area contributed by atoms with Crippen LogP contribution < -0.4 is 10.2 Å². The van der Waals surface area contributed by atoms with E-state index in [4.69, 9.17) is 0 Å². The fraction of sp³-hybridized carbons (Fsp3) is 0.0625. The molecule has 1 N–H and O–H groups in total. The molecule has 0 aliphatic carbocycles. The second kappa shape index (κ2) is 5.23. The van der Waals surface area contributed by atoms with Crippen LogP contribution in [0.25, 0.3) is 11.4 Å². The second-order valence-corrected chi connectivity index (χ2v) is 5.74. The summed E-state index contributed by atoms with van der Waals surface area (Å²) in [7, 11) is 0. The van der Waals surface area contributed by atoms with Crippen LogP contribution in [-0.4, -0.2) is 16.0 Å². The molecule has 5 nitrogen and oxygen atoms in total. The van der Waals surface area contributed by atoms with Crippen molar-refractivity contribution >= 4 is 28.2 Å². The van der Waals surface area contributed by atoms with Gasteiger partial charge in [0.1, 0.15) is 5.69 Å². The maximum atomic E-state index is 12.3. The highest BCUT2D eigenvalue weighted by Gasteiger charge is 2.25. The zero-order valence-electron chi connectivity index (χ0n) is 11.6. The van der Waals surface area contributed by atoms with Gasteiger partial charge in [-0.05, 0) is 23.8 Å². The highest BCUT2D eigenvalue weighted by Crippen LogP contribution is 2.31. The number of urea groups is 1. The fourth-order valence-electron chi connectivity index (χ4n) is 2.38. The van der Waals surface area contributed by atoms with E-state index in [1.807, 2.05) is 47.8 Å². The number of fused-ring (bicyclic) bond motifs is 1. The maximum absolute atomic E-state index is 12.3. The van der Waals surface area contributed by atoms with Crippen LogP contribution in [0.5, 0.6) is 0 Å². The Bertz CT molecular complexity index is 831. The van der Waals surface area contributed by atoms with Crippen molar-refractivity contribution in [1.29, 1.82) is 0 Å². The summed E-state index contributed by atoms with van der Waals surface area (Å²) in [5.41, 5.74) is 3.54. The van der Waals surface area contributed by atoms with Crippen LogP contribution >= 0.6 is 11.3 Å². The fourth-order valence-corrected chi connectivity index (χ4v) is 3.20. The predicted molar refractivity (Wildman–Crippen MR) is 87.0 cm³/mol. The van der Waals surface area contributed by atoms with Crippen molar-refractivity contribution in [2.45, 2.75) is 6.54 Å². The van der Waals surface area contributed by atoms with Crippen LogP contribution in [0, 0.1) is 0 Å². The molecule has 0 saturated carbocycles. The van der Waals surface area contributed by atoms with Gasteiger partial charge in [0.05, 0.1) is 12.2 Å². The van der Waals surface area contributed by atoms with Crippen molar-refractivity contribution in [1.82, 2.24) is 9.97 Å². The summed E-state index contributed by atoms with van der Waals surface area (Å²) in [5.74, 6) is 0. The summed E-state index contributed by atoms with van der Waals surface area (Å²) in [6, 6.07) is 13.3. The lowest BCUT2D eigenvalue weighted by Crippen LogP contribution is -2.38. The molecule has 108 valence electrons. The lowest BCUT2D eigenvalue weighted by atomic mass is 10.1. The molecule has 0 radical (unpaired) electrons. The van der Waals surface area contributed by atoms with Gasteiger partial charge < -0.3 is 5.32 Å². The Labute approximate surface area is 131 Å². The summed E-state index contributed by atoms with van der Waals surface area (Å²) in [6.45, 7) is 0.525. The molecule has 22 heavy (non-hydrogen) atoms. The molecule has 2 amide bonds. The van der Waals surface area contributed by atoms with Gasteiger partial charge in [-0.3, -0.25) is 9.88 Å². The van der Waals surface area contributed by atoms with Crippen molar-refractivity contribution in [3.8, 4) is 11.4 Å². The topological polar surface area (TPSA) is 58.1 Å². The zero-order chi connectivity index (χ0) is 14.9. The lowest BCUT2D eigenvalue weighted by molar-refractivity contribution is 0.256. The zero-order valence-corrected chi connectivity index (χ0v) is 12.4. The van der Waals surface area contributed by atoms with E-state index < -0.39 is 0 Å². The predicted octanol–water partition coefficient (Wildman–Crippen LogP) is 3.76. The van der Waals surface area contributed by atoms with Crippen molar-refractivity contribution in [3.63, 3.8) is 0 Å². The number of rotatable bonds is 2. The molecule has 3 aromatic rings. The molecule has 0 atom stereocenters. The van der Waals surface area contributed by atoms with E-state index in [9.17, 15) is 4.79 Å². The number of thiazole rings is 1. The standard InChI is InChI=1S/C16H12N4OS/c21-15-18-12-6-2-1-5-11(12)9-20(15)16-19-14(10-22-16)13-7-3-4-8-17-13/h1-8,10H,9H2,(H,18,21). The Kier molecular flexibility index (Phi) is 3.08. The average Bonchev–Trinajstić information content (AvgIpc) is 3.05. The summed E-state index contributed by atoms with van der Waals surface area (Å²) in [6.07, 6.45) is 1.73. The number of anilines is 2. The quantitative estimate of drug-likeness (QED) is 0.784. The maximum Gasteiger partial charge on any atom is 0.328 e. The van der Waals surface area contributed by atoms with Gasteiger partial charge in [0.2, 0.25) is 0 Å². The van der Waals surface area contributed by atoms with Gasteiger partial charge in [-0.1, -0.05) is 24.3 Å². The molecule has 3 heterocycles. The third-order valence-corrected chi connectivity index (χ3v) is 4.35. The lowest BCUT2D eigenvalue weighted by Gasteiger charge is -2.27. The Morgan fingerprint density at radius 3 is 2.82 bits per heavy atom. The number of carbonyl (C=O) groups is 1. The minimum atomic E-state index is -0.152. The molecular weight excluding hydrogens is 296 g/mol.